The summed E-state index contributed by atoms with van der Waals surface area (Å²) in [5.74, 6) is 0.207. The van der Waals surface area contributed by atoms with Crippen molar-refractivity contribution in [3.05, 3.63) is 29.3 Å². The lowest BCUT2D eigenvalue weighted by Gasteiger charge is -2.26. The average Bonchev–Trinajstić information content (AvgIpc) is 2.40. The lowest BCUT2D eigenvalue weighted by Crippen LogP contribution is -2.31. The second-order valence-corrected chi connectivity index (χ2v) is 4.93. The summed E-state index contributed by atoms with van der Waals surface area (Å²) in [6, 6.07) is 6.39. The number of hydrogen-bond donors (Lipinski definition) is 1. The number of carbonyl (C=O) groups is 1. The van der Waals surface area contributed by atoms with Gasteiger partial charge in [0.15, 0.2) is 0 Å². The first kappa shape index (κ1) is 13.1. The molecule has 0 bridgehead atoms. The molecule has 0 radical (unpaired) electrons. The molecular formula is C14H21N3O. The Morgan fingerprint density at radius 1 is 1.39 bits per heavy atom. The third-order valence-corrected chi connectivity index (χ3v) is 3.58. The van der Waals surface area contributed by atoms with Crippen LogP contribution in [0.4, 0.5) is 5.69 Å². The minimum absolute atomic E-state index is 0.207. The molecule has 0 aromatic heterocycles. The second-order valence-electron chi connectivity index (χ2n) is 4.93. The van der Waals surface area contributed by atoms with E-state index in [-0.39, 0.29) is 5.91 Å². The molecule has 2 rings (SSSR count). The summed E-state index contributed by atoms with van der Waals surface area (Å²) in [7, 11) is 3.87. The molecule has 0 aliphatic carbocycles. The fraction of sp³-hybridized carbons (Fsp3) is 0.500. The maximum atomic E-state index is 11.6. The van der Waals surface area contributed by atoms with Crippen molar-refractivity contribution in [2.24, 2.45) is 5.73 Å². The molecule has 0 atom stereocenters. The van der Waals surface area contributed by atoms with Crippen molar-refractivity contribution < 1.29 is 4.79 Å². The Hall–Kier alpha value is -1.39. The molecule has 1 aromatic rings. The standard InChI is InChI=1S/C14H21N3O/c1-16(10-15)8-7-11-3-5-13-12(9-11)4-6-14(18)17(13)2/h3,5,9H,4,6-8,10,15H2,1-2H3. The molecule has 1 aromatic carbocycles. The molecule has 0 spiro atoms. The van der Waals surface area contributed by atoms with Crippen LogP contribution in [-0.4, -0.2) is 38.1 Å². The molecule has 4 nitrogen and oxygen atoms in total. The van der Waals surface area contributed by atoms with Crippen LogP contribution in [0.15, 0.2) is 18.2 Å². The fourth-order valence-electron chi connectivity index (χ4n) is 2.28. The molecule has 18 heavy (non-hydrogen) atoms. The Morgan fingerprint density at radius 3 is 2.89 bits per heavy atom. The van der Waals surface area contributed by atoms with Crippen molar-refractivity contribution in [1.82, 2.24) is 4.90 Å². The van der Waals surface area contributed by atoms with Crippen molar-refractivity contribution in [3.63, 3.8) is 0 Å². The quantitative estimate of drug-likeness (QED) is 0.807. The molecule has 1 aliphatic heterocycles. The van der Waals surface area contributed by atoms with Crippen LogP contribution >= 0.6 is 0 Å². The van der Waals surface area contributed by atoms with Crippen LogP contribution in [0.25, 0.3) is 0 Å². The number of anilines is 1. The summed E-state index contributed by atoms with van der Waals surface area (Å²) in [6.45, 7) is 1.55. The Kier molecular flexibility index (Phi) is 3.99. The molecule has 0 fully saturated rings. The second kappa shape index (κ2) is 5.50. The molecule has 2 N–H and O–H groups in total. The predicted molar refractivity (Wildman–Crippen MR) is 73.6 cm³/mol. The Morgan fingerprint density at radius 2 is 2.17 bits per heavy atom. The Labute approximate surface area is 108 Å². The van der Waals surface area contributed by atoms with Gasteiger partial charge in [0.25, 0.3) is 0 Å². The number of nitrogens with two attached hydrogens (primary N) is 1. The first-order valence-corrected chi connectivity index (χ1v) is 6.39. The van der Waals surface area contributed by atoms with Gasteiger partial charge < -0.3 is 10.6 Å². The number of fused-ring (bicyclic) bond motifs is 1. The van der Waals surface area contributed by atoms with Gasteiger partial charge in [0.2, 0.25) is 5.91 Å². The van der Waals surface area contributed by atoms with Gasteiger partial charge in [0.1, 0.15) is 0 Å². The van der Waals surface area contributed by atoms with E-state index in [9.17, 15) is 4.79 Å². The van der Waals surface area contributed by atoms with Crippen LogP contribution in [-0.2, 0) is 17.6 Å². The number of amides is 1. The van der Waals surface area contributed by atoms with Crippen molar-refractivity contribution in [2.75, 3.05) is 32.2 Å². The number of likely N-dealkylation sites (N-methyl/N-ethyl adjacent to an activating group) is 1. The Bertz CT molecular complexity index is 445. The molecule has 4 heteroatoms. The highest BCUT2D eigenvalue weighted by Gasteiger charge is 2.20. The zero-order valence-corrected chi connectivity index (χ0v) is 11.1. The third-order valence-electron chi connectivity index (χ3n) is 3.58. The van der Waals surface area contributed by atoms with Gasteiger partial charge in [-0.1, -0.05) is 12.1 Å². The molecule has 0 saturated heterocycles. The summed E-state index contributed by atoms with van der Waals surface area (Å²) in [5.41, 5.74) is 9.22. The van der Waals surface area contributed by atoms with E-state index in [0.29, 0.717) is 13.1 Å². The first-order valence-electron chi connectivity index (χ1n) is 6.39. The summed E-state index contributed by atoms with van der Waals surface area (Å²) >= 11 is 0. The monoisotopic (exact) mass is 247 g/mol. The van der Waals surface area contributed by atoms with E-state index in [2.05, 4.69) is 23.1 Å². The largest absolute Gasteiger partial charge is 0.318 e. The van der Waals surface area contributed by atoms with Gasteiger partial charge >= 0.3 is 0 Å². The van der Waals surface area contributed by atoms with Gasteiger partial charge in [-0.15, -0.1) is 0 Å². The van der Waals surface area contributed by atoms with E-state index in [0.717, 1.165) is 25.1 Å². The van der Waals surface area contributed by atoms with Gasteiger partial charge in [0.05, 0.1) is 0 Å². The summed E-state index contributed by atoms with van der Waals surface area (Å²) in [4.78, 5) is 15.5. The first-order chi connectivity index (χ1) is 8.61. The number of carbonyl (C=O) groups excluding carboxylic acids is 1. The number of hydrogen-bond acceptors (Lipinski definition) is 3. The van der Waals surface area contributed by atoms with E-state index >= 15 is 0 Å². The van der Waals surface area contributed by atoms with Crippen LogP contribution in [0.1, 0.15) is 17.5 Å². The summed E-state index contributed by atoms with van der Waals surface area (Å²) in [6.07, 6.45) is 2.48. The van der Waals surface area contributed by atoms with Crippen LogP contribution < -0.4 is 10.6 Å². The maximum absolute atomic E-state index is 11.6. The molecule has 1 heterocycles. The molecule has 1 amide bonds. The van der Waals surface area contributed by atoms with Crippen molar-refractivity contribution in [2.45, 2.75) is 19.3 Å². The molecule has 0 saturated carbocycles. The normalized spacial score (nSPS) is 15.1. The van der Waals surface area contributed by atoms with Gasteiger partial charge in [0, 0.05) is 32.4 Å². The highest BCUT2D eigenvalue weighted by atomic mass is 16.2. The van der Waals surface area contributed by atoms with Crippen LogP contribution in [0.5, 0.6) is 0 Å². The number of aryl methyl sites for hydroxylation is 1. The number of benzene rings is 1. The highest BCUT2D eigenvalue weighted by molar-refractivity contribution is 5.95. The summed E-state index contributed by atoms with van der Waals surface area (Å²) < 4.78 is 0. The third kappa shape index (κ3) is 2.71. The van der Waals surface area contributed by atoms with E-state index < -0.39 is 0 Å². The maximum Gasteiger partial charge on any atom is 0.227 e. The zero-order valence-electron chi connectivity index (χ0n) is 11.1. The van der Waals surface area contributed by atoms with Crippen LogP contribution in [0.2, 0.25) is 0 Å². The molecule has 0 unspecified atom stereocenters. The van der Waals surface area contributed by atoms with E-state index in [1.54, 1.807) is 4.90 Å². The highest BCUT2D eigenvalue weighted by Crippen LogP contribution is 2.27. The smallest absolute Gasteiger partial charge is 0.227 e. The van der Waals surface area contributed by atoms with E-state index in [4.69, 9.17) is 5.73 Å². The van der Waals surface area contributed by atoms with Gasteiger partial charge in [-0.2, -0.15) is 0 Å². The molecular weight excluding hydrogens is 226 g/mol. The summed E-state index contributed by atoms with van der Waals surface area (Å²) in [5, 5.41) is 0. The zero-order chi connectivity index (χ0) is 13.1. The minimum Gasteiger partial charge on any atom is -0.318 e. The number of rotatable bonds is 4. The molecule has 1 aliphatic rings. The van der Waals surface area contributed by atoms with E-state index in [1.165, 1.54) is 11.1 Å². The van der Waals surface area contributed by atoms with Gasteiger partial charge in [-0.25, -0.2) is 0 Å². The topological polar surface area (TPSA) is 49.6 Å². The van der Waals surface area contributed by atoms with Crippen LogP contribution in [0, 0.1) is 0 Å². The van der Waals surface area contributed by atoms with Crippen molar-refractivity contribution in [1.29, 1.82) is 0 Å². The van der Waals surface area contributed by atoms with Crippen molar-refractivity contribution in [3.8, 4) is 0 Å². The SMILES string of the molecule is CN(CN)CCc1ccc2c(c1)CCC(=O)N2C. The fourth-order valence-corrected chi connectivity index (χ4v) is 2.28. The van der Waals surface area contributed by atoms with Crippen molar-refractivity contribution >= 4 is 11.6 Å². The predicted octanol–water partition coefficient (Wildman–Crippen LogP) is 0.986. The molecule has 98 valence electrons. The Balaban J connectivity index is 2.10. The lowest BCUT2D eigenvalue weighted by molar-refractivity contribution is -0.118. The van der Waals surface area contributed by atoms with Gasteiger partial charge in [-0.05, 0) is 37.1 Å². The van der Waals surface area contributed by atoms with E-state index in [1.807, 2.05) is 14.1 Å². The van der Waals surface area contributed by atoms with Crippen LogP contribution in [0.3, 0.4) is 0 Å². The number of nitrogens with zero attached hydrogens (tertiary/aromatic N) is 2. The minimum atomic E-state index is 0.207. The van der Waals surface area contributed by atoms with Gasteiger partial charge in [-0.3, -0.25) is 9.69 Å². The lowest BCUT2D eigenvalue weighted by atomic mass is 9.98. The average molecular weight is 247 g/mol.